The lowest BCUT2D eigenvalue weighted by atomic mass is 9.90. The van der Waals surface area contributed by atoms with Crippen LogP contribution >= 0.6 is 0 Å². The molecule has 0 saturated heterocycles. The van der Waals surface area contributed by atoms with Gasteiger partial charge in [-0.15, -0.1) is 0 Å². The SMILES string of the molecule is Cc1cccc(N(C)C(=O)C(C)(C)C(N)=NO)c1. The summed E-state index contributed by atoms with van der Waals surface area (Å²) in [5.74, 6) is -0.338. The molecule has 1 rings (SSSR count). The van der Waals surface area contributed by atoms with Gasteiger partial charge in [-0.2, -0.15) is 0 Å². The number of oxime groups is 1. The summed E-state index contributed by atoms with van der Waals surface area (Å²) in [6.07, 6.45) is 0. The Morgan fingerprint density at radius 1 is 1.44 bits per heavy atom. The molecule has 3 N–H and O–H groups in total. The Kier molecular flexibility index (Phi) is 3.96. The second kappa shape index (κ2) is 5.08. The monoisotopic (exact) mass is 249 g/mol. The van der Waals surface area contributed by atoms with E-state index < -0.39 is 5.41 Å². The summed E-state index contributed by atoms with van der Waals surface area (Å²) in [5, 5.41) is 11.6. The van der Waals surface area contributed by atoms with Crippen molar-refractivity contribution in [3.63, 3.8) is 0 Å². The number of nitrogens with zero attached hydrogens (tertiary/aromatic N) is 2. The summed E-state index contributed by atoms with van der Waals surface area (Å²) in [4.78, 5) is 13.8. The molecule has 1 aromatic rings. The number of benzene rings is 1. The molecule has 98 valence electrons. The van der Waals surface area contributed by atoms with Gasteiger partial charge in [0, 0.05) is 12.7 Å². The summed E-state index contributed by atoms with van der Waals surface area (Å²) >= 11 is 0. The van der Waals surface area contributed by atoms with E-state index in [1.54, 1.807) is 20.9 Å². The maximum Gasteiger partial charge on any atom is 0.240 e. The average molecular weight is 249 g/mol. The highest BCUT2D eigenvalue weighted by molar-refractivity contribution is 6.11. The lowest BCUT2D eigenvalue weighted by Crippen LogP contribution is -2.46. The van der Waals surface area contributed by atoms with Crippen LogP contribution in [-0.4, -0.2) is 24.0 Å². The van der Waals surface area contributed by atoms with Crippen molar-refractivity contribution >= 4 is 17.4 Å². The van der Waals surface area contributed by atoms with Crippen molar-refractivity contribution in [3.05, 3.63) is 29.8 Å². The van der Waals surface area contributed by atoms with Gasteiger partial charge in [-0.1, -0.05) is 17.3 Å². The first-order valence-electron chi connectivity index (χ1n) is 5.63. The minimum atomic E-state index is -1.05. The molecule has 5 heteroatoms. The molecule has 0 aliphatic rings. The normalized spacial score (nSPS) is 12.3. The first-order valence-corrected chi connectivity index (χ1v) is 5.63. The van der Waals surface area contributed by atoms with E-state index in [-0.39, 0.29) is 11.7 Å². The average Bonchev–Trinajstić information content (AvgIpc) is 2.35. The zero-order chi connectivity index (χ0) is 13.9. The smallest absolute Gasteiger partial charge is 0.240 e. The lowest BCUT2D eigenvalue weighted by molar-refractivity contribution is -0.123. The number of carbonyl (C=O) groups excluding carboxylic acids is 1. The molecular weight excluding hydrogens is 230 g/mol. The summed E-state index contributed by atoms with van der Waals surface area (Å²) in [6, 6.07) is 7.58. The van der Waals surface area contributed by atoms with Crippen LogP contribution in [0.3, 0.4) is 0 Å². The predicted octanol–water partition coefficient (Wildman–Crippen LogP) is 1.73. The Labute approximate surface area is 107 Å². The van der Waals surface area contributed by atoms with Crippen LogP contribution in [0.25, 0.3) is 0 Å². The molecule has 0 spiro atoms. The molecule has 0 unspecified atom stereocenters. The highest BCUT2D eigenvalue weighted by Crippen LogP contribution is 2.23. The van der Waals surface area contributed by atoms with Crippen LogP contribution in [0.5, 0.6) is 0 Å². The topological polar surface area (TPSA) is 78.9 Å². The maximum atomic E-state index is 12.3. The Morgan fingerprint density at radius 2 is 2.06 bits per heavy atom. The largest absolute Gasteiger partial charge is 0.409 e. The van der Waals surface area contributed by atoms with E-state index in [1.807, 2.05) is 31.2 Å². The van der Waals surface area contributed by atoms with Crippen molar-refractivity contribution in [2.45, 2.75) is 20.8 Å². The van der Waals surface area contributed by atoms with Crippen LogP contribution in [0.15, 0.2) is 29.4 Å². The molecule has 0 heterocycles. The van der Waals surface area contributed by atoms with Gasteiger partial charge >= 0.3 is 0 Å². The fourth-order valence-corrected chi connectivity index (χ4v) is 1.61. The summed E-state index contributed by atoms with van der Waals surface area (Å²) in [5.41, 5.74) is 6.34. The first kappa shape index (κ1) is 14.0. The molecule has 0 atom stereocenters. The molecule has 0 aliphatic carbocycles. The van der Waals surface area contributed by atoms with Gasteiger partial charge in [-0.05, 0) is 38.5 Å². The minimum absolute atomic E-state index is 0.105. The molecule has 0 bridgehead atoms. The summed E-state index contributed by atoms with van der Waals surface area (Å²) in [7, 11) is 1.67. The van der Waals surface area contributed by atoms with Crippen LogP contribution in [-0.2, 0) is 4.79 Å². The second-order valence-electron chi connectivity index (χ2n) is 4.81. The molecule has 1 amide bonds. The highest BCUT2D eigenvalue weighted by atomic mass is 16.4. The minimum Gasteiger partial charge on any atom is -0.409 e. The van der Waals surface area contributed by atoms with Crippen LogP contribution in [0, 0.1) is 12.3 Å². The van der Waals surface area contributed by atoms with Gasteiger partial charge in [0.15, 0.2) is 5.84 Å². The number of hydrogen-bond donors (Lipinski definition) is 2. The Balaban J connectivity index is 3.05. The van der Waals surface area contributed by atoms with Crippen molar-refractivity contribution in [2.24, 2.45) is 16.3 Å². The van der Waals surface area contributed by atoms with Gasteiger partial charge in [-0.25, -0.2) is 0 Å². The van der Waals surface area contributed by atoms with Crippen LogP contribution < -0.4 is 10.6 Å². The van der Waals surface area contributed by atoms with Gasteiger partial charge in [0.25, 0.3) is 0 Å². The van der Waals surface area contributed by atoms with E-state index in [4.69, 9.17) is 10.9 Å². The number of rotatable bonds is 3. The molecule has 0 aromatic heterocycles. The third-order valence-electron chi connectivity index (χ3n) is 2.98. The Bertz CT molecular complexity index is 481. The summed E-state index contributed by atoms with van der Waals surface area (Å²) < 4.78 is 0. The molecule has 0 saturated carbocycles. The molecule has 0 aliphatic heterocycles. The maximum absolute atomic E-state index is 12.3. The second-order valence-corrected chi connectivity index (χ2v) is 4.81. The third-order valence-corrected chi connectivity index (χ3v) is 2.98. The van der Waals surface area contributed by atoms with E-state index in [0.29, 0.717) is 0 Å². The highest BCUT2D eigenvalue weighted by Gasteiger charge is 2.35. The van der Waals surface area contributed by atoms with Gasteiger partial charge < -0.3 is 15.8 Å². The van der Waals surface area contributed by atoms with E-state index in [2.05, 4.69) is 5.16 Å². The van der Waals surface area contributed by atoms with Crippen molar-refractivity contribution in [1.82, 2.24) is 0 Å². The van der Waals surface area contributed by atoms with Gasteiger partial charge in [0.05, 0.1) is 0 Å². The molecule has 0 radical (unpaired) electrons. The summed E-state index contributed by atoms with van der Waals surface area (Å²) in [6.45, 7) is 5.20. The molecule has 1 aromatic carbocycles. The molecule has 5 nitrogen and oxygen atoms in total. The quantitative estimate of drug-likeness (QED) is 0.370. The van der Waals surface area contributed by atoms with Crippen molar-refractivity contribution < 1.29 is 10.0 Å². The number of amides is 1. The standard InChI is InChI=1S/C13H19N3O2/c1-9-6-5-7-10(8-9)16(4)12(17)13(2,3)11(14)15-18/h5-8,18H,1-4H3,(H2,14,15). The Morgan fingerprint density at radius 3 is 2.56 bits per heavy atom. The fourth-order valence-electron chi connectivity index (χ4n) is 1.61. The first-order chi connectivity index (χ1) is 8.30. The van der Waals surface area contributed by atoms with E-state index >= 15 is 0 Å². The van der Waals surface area contributed by atoms with Crippen LogP contribution in [0.4, 0.5) is 5.69 Å². The number of hydrogen-bond acceptors (Lipinski definition) is 3. The van der Waals surface area contributed by atoms with Crippen LogP contribution in [0.1, 0.15) is 19.4 Å². The van der Waals surface area contributed by atoms with Crippen molar-refractivity contribution in [1.29, 1.82) is 0 Å². The zero-order valence-corrected chi connectivity index (χ0v) is 11.1. The number of nitrogens with two attached hydrogens (primary N) is 1. The van der Waals surface area contributed by atoms with Gasteiger partial charge in [0.1, 0.15) is 5.41 Å². The predicted molar refractivity (Wildman–Crippen MR) is 71.8 cm³/mol. The number of amidine groups is 1. The van der Waals surface area contributed by atoms with E-state index in [0.717, 1.165) is 11.3 Å². The molecular formula is C13H19N3O2. The fraction of sp³-hybridized carbons (Fsp3) is 0.385. The molecule has 0 fully saturated rings. The van der Waals surface area contributed by atoms with Gasteiger partial charge in [0.2, 0.25) is 5.91 Å². The van der Waals surface area contributed by atoms with Crippen molar-refractivity contribution in [3.8, 4) is 0 Å². The number of aryl methyl sites for hydroxylation is 1. The van der Waals surface area contributed by atoms with Crippen LogP contribution in [0.2, 0.25) is 0 Å². The third kappa shape index (κ3) is 2.61. The lowest BCUT2D eigenvalue weighted by Gasteiger charge is -2.28. The molecule has 18 heavy (non-hydrogen) atoms. The Hall–Kier alpha value is -2.04. The number of carbonyl (C=O) groups is 1. The van der Waals surface area contributed by atoms with E-state index in [9.17, 15) is 4.79 Å². The van der Waals surface area contributed by atoms with Crippen molar-refractivity contribution in [2.75, 3.05) is 11.9 Å². The van der Waals surface area contributed by atoms with Gasteiger partial charge in [-0.3, -0.25) is 4.79 Å². The number of anilines is 1. The van der Waals surface area contributed by atoms with E-state index in [1.165, 1.54) is 4.90 Å². The zero-order valence-electron chi connectivity index (χ0n) is 11.1.